The third-order valence-corrected chi connectivity index (χ3v) is 2.30. The smallest absolute Gasteiger partial charge is 0.162 e. The Morgan fingerprint density at radius 1 is 1.58 bits per heavy atom. The van der Waals surface area contributed by atoms with Gasteiger partial charge in [0, 0.05) is 4.47 Å². The van der Waals surface area contributed by atoms with Crippen LogP contribution in [-0.2, 0) is 0 Å². The number of Topliss-reactive ketones (excluding diaryl/α,β-unsaturated/α-hetero) is 1. The van der Waals surface area contributed by atoms with Crippen LogP contribution < -0.4 is 0 Å². The van der Waals surface area contributed by atoms with Crippen LogP contribution in [0.5, 0.6) is 5.75 Å². The summed E-state index contributed by atoms with van der Waals surface area (Å²) in [5.41, 5.74) is 0.398. The Labute approximate surface area is 83.3 Å². The Hall–Kier alpha value is -0.540. The summed E-state index contributed by atoms with van der Waals surface area (Å²) in [5.74, 6) is -0.0937. The van der Waals surface area contributed by atoms with Crippen LogP contribution >= 0.6 is 27.5 Å². The molecule has 0 radical (unpaired) electrons. The number of carbonyl (C=O) groups excluding carboxylic acids is 1. The van der Waals surface area contributed by atoms with Gasteiger partial charge >= 0.3 is 0 Å². The third kappa shape index (κ3) is 1.79. The van der Waals surface area contributed by atoms with Gasteiger partial charge in [0.05, 0.1) is 10.6 Å². The minimum absolute atomic E-state index is 0.0388. The van der Waals surface area contributed by atoms with Gasteiger partial charge in [0.25, 0.3) is 0 Å². The van der Waals surface area contributed by atoms with E-state index >= 15 is 0 Å². The van der Waals surface area contributed by atoms with Gasteiger partial charge in [-0.3, -0.25) is 4.79 Å². The highest BCUT2D eigenvalue weighted by Gasteiger charge is 2.11. The standard InChI is InChI=1S/C8H6BrClO2/c1-4(11)8-6(9)2-5(12)3-7(8)10/h2-3,12H,1H3. The lowest BCUT2D eigenvalue weighted by Gasteiger charge is -2.03. The van der Waals surface area contributed by atoms with E-state index in [0.29, 0.717) is 10.0 Å². The van der Waals surface area contributed by atoms with Crippen molar-refractivity contribution in [3.05, 3.63) is 27.2 Å². The molecule has 0 unspecified atom stereocenters. The molecule has 0 amide bonds. The number of rotatable bonds is 1. The van der Waals surface area contributed by atoms with Crippen molar-refractivity contribution in [1.29, 1.82) is 0 Å². The van der Waals surface area contributed by atoms with Crippen molar-refractivity contribution in [2.45, 2.75) is 6.92 Å². The number of ketones is 1. The molecule has 0 aliphatic heterocycles. The zero-order valence-corrected chi connectivity index (χ0v) is 8.61. The van der Waals surface area contributed by atoms with Gasteiger partial charge in [-0.2, -0.15) is 0 Å². The summed E-state index contributed by atoms with van der Waals surface area (Å²) in [6.45, 7) is 1.42. The fraction of sp³-hybridized carbons (Fsp3) is 0.125. The summed E-state index contributed by atoms with van der Waals surface area (Å²) in [4.78, 5) is 11.0. The second-order valence-electron chi connectivity index (χ2n) is 2.34. The quantitative estimate of drug-likeness (QED) is 0.777. The molecule has 1 rings (SSSR count). The Balaban J connectivity index is 3.38. The van der Waals surface area contributed by atoms with E-state index in [2.05, 4.69) is 15.9 Å². The average Bonchev–Trinajstić information content (AvgIpc) is 1.82. The van der Waals surface area contributed by atoms with Gasteiger partial charge in [-0.05, 0) is 35.0 Å². The largest absolute Gasteiger partial charge is 0.508 e. The normalized spacial score (nSPS) is 9.92. The van der Waals surface area contributed by atoms with Crippen molar-refractivity contribution in [3.8, 4) is 5.75 Å². The molecule has 0 heterocycles. The van der Waals surface area contributed by atoms with Crippen LogP contribution in [0.4, 0.5) is 0 Å². The molecule has 0 spiro atoms. The van der Waals surface area contributed by atoms with E-state index < -0.39 is 0 Å². The molecule has 0 aromatic heterocycles. The average molecular weight is 249 g/mol. The summed E-state index contributed by atoms with van der Waals surface area (Å²) < 4.78 is 0.514. The van der Waals surface area contributed by atoms with Crippen LogP contribution in [0.15, 0.2) is 16.6 Å². The van der Waals surface area contributed by atoms with Gasteiger partial charge in [0.15, 0.2) is 5.78 Å². The van der Waals surface area contributed by atoms with Crippen LogP contribution in [-0.4, -0.2) is 10.9 Å². The second-order valence-corrected chi connectivity index (χ2v) is 3.60. The van der Waals surface area contributed by atoms with Gasteiger partial charge in [0.2, 0.25) is 0 Å². The summed E-state index contributed by atoms with van der Waals surface area (Å²) >= 11 is 8.85. The van der Waals surface area contributed by atoms with Crippen LogP contribution in [0.2, 0.25) is 5.02 Å². The number of hydrogen-bond donors (Lipinski definition) is 1. The molecular formula is C8H6BrClO2. The van der Waals surface area contributed by atoms with E-state index in [1.165, 1.54) is 19.1 Å². The van der Waals surface area contributed by atoms with Gasteiger partial charge in [-0.15, -0.1) is 0 Å². The molecule has 1 aromatic carbocycles. The summed E-state index contributed by atoms with van der Waals surface area (Å²) in [6, 6.07) is 2.77. The molecule has 1 N–H and O–H groups in total. The Morgan fingerprint density at radius 2 is 2.17 bits per heavy atom. The first kappa shape index (κ1) is 9.55. The molecule has 0 aliphatic carbocycles. The first-order valence-corrected chi connectivity index (χ1v) is 4.38. The highest BCUT2D eigenvalue weighted by atomic mass is 79.9. The molecule has 0 saturated heterocycles. The maximum absolute atomic E-state index is 11.0. The van der Waals surface area contributed by atoms with Crippen molar-refractivity contribution in [2.24, 2.45) is 0 Å². The lowest BCUT2D eigenvalue weighted by molar-refractivity contribution is 0.101. The number of phenols is 1. The lowest BCUT2D eigenvalue weighted by atomic mass is 10.1. The van der Waals surface area contributed by atoms with Crippen molar-refractivity contribution in [2.75, 3.05) is 0 Å². The summed E-state index contributed by atoms with van der Waals surface area (Å²) in [5, 5.41) is 9.33. The lowest BCUT2D eigenvalue weighted by Crippen LogP contribution is -1.94. The first-order valence-electron chi connectivity index (χ1n) is 3.21. The zero-order chi connectivity index (χ0) is 9.30. The van der Waals surface area contributed by atoms with Crippen molar-refractivity contribution in [3.63, 3.8) is 0 Å². The van der Waals surface area contributed by atoms with E-state index in [1.54, 1.807) is 0 Å². The van der Waals surface area contributed by atoms with Crippen molar-refractivity contribution in [1.82, 2.24) is 0 Å². The fourth-order valence-electron chi connectivity index (χ4n) is 0.896. The maximum Gasteiger partial charge on any atom is 0.162 e. The fourth-order valence-corrected chi connectivity index (χ4v) is 2.08. The Kier molecular flexibility index (Phi) is 2.75. The number of hydrogen-bond acceptors (Lipinski definition) is 2. The minimum Gasteiger partial charge on any atom is -0.508 e. The van der Waals surface area contributed by atoms with Gasteiger partial charge < -0.3 is 5.11 Å². The van der Waals surface area contributed by atoms with E-state index in [9.17, 15) is 4.79 Å². The minimum atomic E-state index is -0.133. The predicted octanol–water partition coefficient (Wildman–Crippen LogP) is 3.01. The van der Waals surface area contributed by atoms with Crippen LogP contribution in [0.3, 0.4) is 0 Å². The Morgan fingerprint density at radius 3 is 2.58 bits per heavy atom. The van der Waals surface area contributed by atoms with E-state index in [1.807, 2.05) is 0 Å². The molecule has 0 aliphatic rings. The third-order valence-electron chi connectivity index (χ3n) is 1.38. The van der Waals surface area contributed by atoms with Crippen LogP contribution in [0.1, 0.15) is 17.3 Å². The second kappa shape index (κ2) is 3.46. The Bertz CT molecular complexity index is 313. The molecule has 0 atom stereocenters. The SMILES string of the molecule is CC(=O)c1c(Cl)cc(O)cc1Br. The molecule has 0 saturated carbocycles. The predicted molar refractivity (Wildman–Crippen MR) is 50.8 cm³/mol. The molecule has 4 heteroatoms. The molecule has 1 aromatic rings. The van der Waals surface area contributed by atoms with Crippen molar-refractivity contribution >= 4 is 33.3 Å². The summed E-state index contributed by atoms with van der Waals surface area (Å²) in [7, 11) is 0. The van der Waals surface area contributed by atoms with Gasteiger partial charge in [-0.1, -0.05) is 11.6 Å². The monoisotopic (exact) mass is 248 g/mol. The maximum atomic E-state index is 11.0. The topological polar surface area (TPSA) is 37.3 Å². The molecule has 0 fully saturated rings. The molecule has 2 nitrogen and oxygen atoms in total. The zero-order valence-electron chi connectivity index (χ0n) is 6.27. The number of benzene rings is 1. The molecule has 12 heavy (non-hydrogen) atoms. The number of halogens is 2. The number of phenolic OH excluding ortho intramolecular Hbond substituents is 1. The molecule has 64 valence electrons. The van der Waals surface area contributed by atoms with E-state index in [0.717, 1.165) is 0 Å². The van der Waals surface area contributed by atoms with Gasteiger partial charge in [0.1, 0.15) is 5.75 Å². The van der Waals surface area contributed by atoms with E-state index in [4.69, 9.17) is 16.7 Å². The van der Waals surface area contributed by atoms with Crippen LogP contribution in [0.25, 0.3) is 0 Å². The summed E-state index contributed by atoms with van der Waals surface area (Å²) in [6.07, 6.45) is 0. The highest BCUT2D eigenvalue weighted by molar-refractivity contribution is 9.10. The number of aromatic hydroxyl groups is 1. The van der Waals surface area contributed by atoms with E-state index in [-0.39, 0.29) is 16.6 Å². The van der Waals surface area contributed by atoms with Gasteiger partial charge in [-0.25, -0.2) is 0 Å². The molecular weight excluding hydrogens is 243 g/mol. The van der Waals surface area contributed by atoms with Crippen LogP contribution in [0, 0.1) is 0 Å². The number of carbonyl (C=O) groups is 1. The highest BCUT2D eigenvalue weighted by Crippen LogP contribution is 2.29. The molecule has 0 bridgehead atoms. The van der Waals surface area contributed by atoms with Crippen molar-refractivity contribution < 1.29 is 9.90 Å². The first-order chi connectivity index (χ1) is 5.52.